The van der Waals surface area contributed by atoms with Crippen LogP contribution < -0.4 is 16.0 Å². The summed E-state index contributed by atoms with van der Waals surface area (Å²) in [6, 6.07) is 20.8. The van der Waals surface area contributed by atoms with Crippen LogP contribution in [0.4, 0.5) is 17.1 Å². The average molecular weight is 387 g/mol. The first-order chi connectivity index (χ1) is 13.9. The van der Waals surface area contributed by atoms with Gasteiger partial charge in [0.15, 0.2) is 0 Å². The van der Waals surface area contributed by atoms with E-state index in [1.54, 1.807) is 48.5 Å². The third-order valence-electron chi connectivity index (χ3n) is 4.16. The van der Waals surface area contributed by atoms with Gasteiger partial charge in [-0.1, -0.05) is 23.8 Å². The molecule has 3 rings (SSSR count). The Labute approximate surface area is 169 Å². The molecule has 0 heterocycles. The van der Waals surface area contributed by atoms with Gasteiger partial charge in [0.25, 0.3) is 11.8 Å². The number of aryl methyl sites for hydroxylation is 1. The van der Waals surface area contributed by atoms with Gasteiger partial charge in [0, 0.05) is 35.1 Å². The largest absolute Gasteiger partial charge is 0.326 e. The van der Waals surface area contributed by atoms with Gasteiger partial charge in [-0.25, -0.2) is 0 Å². The van der Waals surface area contributed by atoms with Crippen molar-refractivity contribution in [2.45, 2.75) is 13.8 Å². The molecule has 3 aromatic rings. The van der Waals surface area contributed by atoms with Crippen molar-refractivity contribution in [3.05, 3.63) is 89.5 Å². The fourth-order valence-electron chi connectivity index (χ4n) is 2.69. The minimum atomic E-state index is -0.310. The number of hydrogen-bond donors (Lipinski definition) is 3. The Morgan fingerprint density at radius 1 is 0.621 bits per heavy atom. The maximum absolute atomic E-state index is 12.5. The van der Waals surface area contributed by atoms with Crippen molar-refractivity contribution in [1.29, 1.82) is 0 Å². The molecule has 29 heavy (non-hydrogen) atoms. The zero-order valence-electron chi connectivity index (χ0n) is 16.2. The quantitative estimate of drug-likeness (QED) is 0.604. The van der Waals surface area contributed by atoms with Crippen LogP contribution in [0.25, 0.3) is 0 Å². The van der Waals surface area contributed by atoms with Crippen LogP contribution in [-0.4, -0.2) is 17.7 Å². The van der Waals surface area contributed by atoms with Gasteiger partial charge >= 0.3 is 0 Å². The molecule has 0 aliphatic heterocycles. The topological polar surface area (TPSA) is 87.3 Å². The number of carbonyl (C=O) groups is 3. The molecule has 0 atom stereocenters. The van der Waals surface area contributed by atoms with E-state index >= 15 is 0 Å². The maximum atomic E-state index is 12.5. The summed E-state index contributed by atoms with van der Waals surface area (Å²) < 4.78 is 0. The van der Waals surface area contributed by atoms with E-state index in [0.29, 0.717) is 28.2 Å². The first-order valence-electron chi connectivity index (χ1n) is 9.08. The molecule has 6 nitrogen and oxygen atoms in total. The molecule has 3 N–H and O–H groups in total. The van der Waals surface area contributed by atoms with Crippen molar-refractivity contribution in [2.24, 2.45) is 0 Å². The molecule has 0 aliphatic carbocycles. The van der Waals surface area contributed by atoms with Crippen LogP contribution in [0.2, 0.25) is 0 Å². The lowest BCUT2D eigenvalue weighted by molar-refractivity contribution is -0.114. The Hall–Kier alpha value is -3.93. The number of nitrogens with one attached hydrogen (secondary N) is 3. The van der Waals surface area contributed by atoms with E-state index in [9.17, 15) is 14.4 Å². The Bertz CT molecular complexity index is 1040. The molecular weight excluding hydrogens is 366 g/mol. The highest BCUT2D eigenvalue weighted by Gasteiger charge is 2.10. The smallest absolute Gasteiger partial charge is 0.255 e. The first-order valence-corrected chi connectivity index (χ1v) is 9.08. The lowest BCUT2D eigenvalue weighted by Crippen LogP contribution is -2.14. The summed E-state index contributed by atoms with van der Waals surface area (Å²) in [5.74, 6) is -0.743. The highest BCUT2D eigenvalue weighted by atomic mass is 16.2. The molecule has 0 radical (unpaired) electrons. The van der Waals surface area contributed by atoms with Crippen LogP contribution in [0.1, 0.15) is 33.2 Å². The summed E-state index contributed by atoms with van der Waals surface area (Å²) in [5, 5.41) is 8.26. The highest BCUT2D eigenvalue weighted by molar-refractivity contribution is 6.07. The first kappa shape index (κ1) is 19.8. The lowest BCUT2D eigenvalue weighted by atomic mass is 10.1. The Morgan fingerprint density at radius 2 is 1.10 bits per heavy atom. The molecule has 0 fully saturated rings. The molecule has 0 aliphatic rings. The number of benzene rings is 3. The number of anilines is 3. The minimum absolute atomic E-state index is 0.187. The van der Waals surface area contributed by atoms with Crippen LogP contribution in [-0.2, 0) is 4.79 Å². The van der Waals surface area contributed by atoms with Crippen LogP contribution in [0.15, 0.2) is 72.8 Å². The Kier molecular flexibility index (Phi) is 6.04. The van der Waals surface area contributed by atoms with Gasteiger partial charge in [-0.05, 0) is 61.5 Å². The minimum Gasteiger partial charge on any atom is -0.326 e. The molecule has 3 amide bonds. The summed E-state index contributed by atoms with van der Waals surface area (Å²) >= 11 is 0. The summed E-state index contributed by atoms with van der Waals surface area (Å²) in [6.45, 7) is 3.40. The molecular formula is C23H21N3O3. The van der Waals surface area contributed by atoms with Gasteiger partial charge in [0.05, 0.1) is 0 Å². The number of rotatable bonds is 5. The number of amides is 3. The second-order valence-corrected chi connectivity index (χ2v) is 6.61. The second-order valence-electron chi connectivity index (χ2n) is 6.61. The van der Waals surface area contributed by atoms with Crippen LogP contribution in [0.3, 0.4) is 0 Å². The highest BCUT2D eigenvalue weighted by Crippen LogP contribution is 2.17. The molecule has 0 saturated heterocycles. The van der Waals surface area contributed by atoms with Gasteiger partial charge in [-0.2, -0.15) is 0 Å². The SMILES string of the molecule is CC(=O)Nc1cccc(NC(=O)c2ccc(C(=O)Nc3ccc(C)cc3)cc2)c1. The summed E-state index contributed by atoms with van der Waals surface area (Å²) in [5.41, 5.74) is 3.85. The van der Waals surface area contributed by atoms with Crippen molar-refractivity contribution >= 4 is 34.8 Å². The number of hydrogen-bond acceptors (Lipinski definition) is 3. The predicted octanol–water partition coefficient (Wildman–Crippen LogP) is 4.46. The van der Waals surface area contributed by atoms with Crippen molar-refractivity contribution in [3.63, 3.8) is 0 Å². The van der Waals surface area contributed by atoms with E-state index in [1.165, 1.54) is 6.92 Å². The van der Waals surface area contributed by atoms with E-state index < -0.39 is 0 Å². The molecule has 0 saturated carbocycles. The van der Waals surface area contributed by atoms with Crippen molar-refractivity contribution in [2.75, 3.05) is 16.0 Å². The third kappa shape index (κ3) is 5.52. The third-order valence-corrected chi connectivity index (χ3v) is 4.16. The molecule has 0 bridgehead atoms. The number of carbonyl (C=O) groups excluding carboxylic acids is 3. The van der Waals surface area contributed by atoms with Gasteiger partial charge in [0.2, 0.25) is 5.91 Å². The van der Waals surface area contributed by atoms with Gasteiger partial charge in [-0.3, -0.25) is 14.4 Å². The summed E-state index contributed by atoms with van der Waals surface area (Å²) in [4.78, 5) is 36.0. The summed E-state index contributed by atoms with van der Waals surface area (Å²) in [7, 11) is 0. The molecule has 3 aromatic carbocycles. The van der Waals surface area contributed by atoms with E-state index in [0.717, 1.165) is 5.56 Å². The predicted molar refractivity (Wildman–Crippen MR) is 114 cm³/mol. The van der Waals surface area contributed by atoms with Gasteiger partial charge < -0.3 is 16.0 Å². The monoisotopic (exact) mass is 387 g/mol. The van der Waals surface area contributed by atoms with Crippen LogP contribution in [0.5, 0.6) is 0 Å². The zero-order chi connectivity index (χ0) is 20.8. The molecule has 6 heteroatoms. The van der Waals surface area contributed by atoms with Crippen molar-refractivity contribution < 1.29 is 14.4 Å². The van der Waals surface area contributed by atoms with Crippen molar-refractivity contribution in [1.82, 2.24) is 0 Å². The lowest BCUT2D eigenvalue weighted by Gasteiger charge is -2.09. The fourth-order valence-corrected chi connectivity index (χ4v) is 2.69. The average Bonchev–Trinajstić information content (AvgIpc) is 2.69. The maximum Gasteiger partial charge on any atom is 0.255 e. The molecule has 0 unspecified atom stereocenters. The van der Waals surface area contributed by atoms with E-state index in [1.807, 2.05) is 31.2 Å². The van der Waals surface area contributed by atoms with E-state index in [4.69, 9.17) is 0 Å². The normalized spacial score (nSPS) is 10.1. The Balaban J connectivity index is 1.64. The zero-order valence-corrected chi connectivity index (χ0v) is 16.2. The van der Waals surface area contributed by atoms with Gasteiger partial charge in [0.1, 0.15) is 0 Å². The fraction of sp³-hybridized carbons (Fsp3) is 0.0870. The van der Waals surface area contributed by atoms with Crippen LogP contribution >= 0.6 is 0 Å². The van der Waals surface area contributed by atoms with E-state index in [2.05, 4.69) is 16.0 Å². The van der Waals surface area contributed by atoms with Gasteiger partial charge in [-0.15, -0.1) is 0 Å². The molecule has 0 aromatic heterocycles. The Morgan fingerprint density at radius 3 is 1.62 bits per heavy atom. The molecule has 146 valence electrons. The standard InChI is InChI=1S/C23H21N3O3/c1-15-6-12-19(13-7-15)25-22(28)17-8-10-18(11-9-17)23(29)26-21-5-3-4-20(14-21)24-16(2)27/h3-14H,1-2H3,(H,24,27)(H,25,28)(H,26,29). The molecule has 0 spiro atoms. The van der Waals surface area contributed by atoms with Crippen LogP contribution in [0, 0.1) is 6.92 Å². The second kappa shape index (κ2) is 8.84. The summed E-state index contributed by atoms with van der Waals surface area (Å²) in [6.07, 6.45) is 0. The van der Waals surface area contributed by atoms with Crippen molar-refractivity contribution in [3.8, 4) is 0 Å². The van der Waals surface area contributed by atoms with E-state index in [-0.39, 0.29) is 17.7 Å².